The molecule has 0 spiro atoms. The highest BCUT2D eigenvalue weighted by atomic mass is 16.3. The highest BCUT2D eigenvalue weighted by Crippen LogP contribution is 2.39. The molecule has 2 fully saturated rings. The van der Waals surface area contributed by atoms with E-state index in [4.69, 9.17) is 5.73 Å². The molecule has 3 nitrogen and oxygen atoms in total. The van der Waals surface area contributed by atoms with Gasteiger partial charge in [-0.1, -0.05) is 12.8 Å². The van der Waals surface area contributed by atoms with Crippen LogP contribution in [-0.4, -0.2) is 29.3 Å². The molecule has 76 valence electrons. The third kappa shape index (κ3) is 1.49. The molecule has 1 heterocycles. The highest BCUT2D eigenvalue weighted by molar-refractivity contribution is 5.08. The van der Waals surface area contributed by atoms with E-state index in [-0.39, 0.29) is 5.54 Å². The van der Waals surface area contributed by atoms with E-state index in [1.165, 1.54) is 0 Å². The monoisotopic (exact) mass is 184 g/mol. The molecule has 0 aromatic heterocycles. The van der Waals surface area contributed by atoms with E-state index in [2.05, 4.69) is 5.32 Å². The van der Waals surface area contributed by atoms with Gasteiger partial charge in [-0.05, 0) is 32.2 Å². The number of piperidine rings is 1. The minimum Gasteiger partial charge on any atom is -0.388 e. The smallest absolute Gasteiger partial charge is 0.0838 e. The van der Waals surface area contributed by atoms with Gasteiger partial charge in [0.25, 0.3) is 0 Å². The summed E-state index contributed by atoms with van der Waals surface area (Å²) in [6.07, 6.45) is 6.12. The van der Waals surface area contributed by atoms with Crippen molar-refractivity contribution in [3.8, 4) is 0 Å². The Hall–Kier alpha value is -0.120. The molecule has 0 amide bonds. The lowest BCUT2D eigenvalue weighted by molar-refractivity contribution is -0.0398. The zero-order valence-electron chi connectivity index (χ0n) is 8.18. The van der Waals surface area contributed by atoms with Crippen LogP contribution in [0.5, 0.6) is 0 Å². The van der Waals surface area contributed by atoms with Crippen LogP contribution < -0.4 is 11.1 Å². The van der Waals surface area contributed by atoms with Crippen LogP contribution in [0, 0.1) is 0 Å². The number of rotatable bonds is 1. The fourth-order valence-corrected chi connectivity index (χ4v) is 2.78. The van der Waals surface area contributed by atoms with Crippen LogP contribution in [0.25, 0.3) is 0 Å². The summed E-state index contributed by atoms with van der Waals surface area (Å²) in [5.41, 5.74) is 5.34. The van der Waals surface area contributed by atoms with Gasteiger partial charge in [-0.2, -0.15) is 0 Å². The SMILES string of the molecule is NC1(C2(O)CCCC2)CCCNC1. The Kier molecular flexibility index (Phi) is 2.34. The minimum absolute atomic E-state index is 0.359. The molecule has 2 aliphatic rings. The third-order valence-corrected chi connectivity index (χ3v) is 3.77. The van der Waals surface area contributed by atoms with Crippen molar-refractivity contribution >= 4 is 0 Å². The van der Waals surface area contributed by atoms with Crippen molar-refractivity contribution < 1.29 is 5.11 Å². The van der Waals surface area contributed by atoms with Crippen molar-refractivity contribution in [1.82, 2.24) is 5.32 Å². The van der Waals surface area contributed by atoms with Gasteiger partial charge >= 0.3 is 0 Å². The van der Waals surface area contributed by atoms with Gasteiger partial charge in [-0.15, -0.1) is 0 Å². The Morgan fingerprint density at radius 1 is 1.08 bits per heavy atom. The number of hydrogen-bond acceptors (Lipinski definition) is 3. The summed E-state index contributed by atoms with van der Waals surface area (Å²) < 4.78 is 0. The maximum Gasteiger partial charge on any atom is 0.0838 e. The molecule has 1 saturated heterocycles. The maximum atomic E-state index is 10.4. The molecule has 1 aliphatic carbocycles. The standard InChI is InChI=1S/C10H20N2O/c11-9(4-3-7-12-8-9)10(13)5-1-2-6-10/h12-13H,1-8,11H2. The Morgan fingerprint density at radius 3 is 2.31 bits per heavy atom. The first-order chi connectivity index (χ1) is 6.16. The van der Waals surface area contributed by atoms with Crippen LogP contribution in [0.3, 0.4) is 0 Å². The van der Waals surface area contributed by atoms with E-state index in [1.807, 2.05) is 0 Å². The van der Waals surface area contributed by atoms with Gasteiger partial charge in [0.1, 0.15) is 0 Å². The average molecular weight is 184 g/mol. The third-order valence-electron chi connectivity index (χ3n) is 3.77. The van der Waals surface area contributed by atoms with Crippen LogP contribution >= 0.6 is 0 Å². The zero-order valence-corrected chi connectivity index (χ0v) is 8.18. The van der Waals surface area contributed by atoms with E-state index in [9.17, 15) is 5.11 Å². The van der Waals surface area contributed by atoms with Gasteiger partial charge in [0.15, 0.2) is 0 Å². The van der Waals surface area contributed by atoms with Crippen LogP contribution in [-0.2, 0) is 0 Å². The molecule has 0 radical (unpaired) electrons. The quantitative estimate of drug-likeness (QED) is 0.552. The number of nitrogens with two attached hydrogens (primary N) is 1. The normalized spacial score (nSPS) is 39.2. The van der Waals surface area contributed by atoms with E-state index in [1.54, 1.807) is 0 Å². The first kappa shape index (κ1) is 9.44. The van der Waals surface area contributed by atoms with Crippen LogP contribution in [0.2, 0.25) is 0 Å². The van der Waals surface area contributed by atoms with Crippen molar-refractivity contribution in [3.05, 3.63) is 0 Å². The number of nitrogens with one attached hydrogen (secondary N) is 1. The summed E-state index contributed by atoms with van der Waals surface area (Å²) in [5.74, 6) is 0. The lowest BCUT2D eigenvalue weighted by Crippen LogP contribution is -2.66. The highest BCUT2D eigenvalue weighted by Gasteiger charge is 2.49. The molecule has 1 aliphatic heterocycles. The van der Waals surface area contributed by atoms with Crippen LogP contribution in [0.4, 0.5) is 0 Å². The van der Waals surface area contributed by atoms with Crippen molar-refractivity contribution in [3.63, 3.8) is 0 Å². The summed E-state index contributed by atoms with van der Waals surface area (Å²) in [4.78, 5) is 0. The molecule has 1 unspecified atom stereocenters. The molecule has 13 heavy (non-hydrogen) atoms. The maximum absolute atomic E-state index is 10.4. The molecular formula is C10H20N2O. The Labute approximate surface area is 79.7 Å². The number of aliphatic hydroxyl groups is 1. The molecule has 4 N–H and O–H groups in total. The van der Waals surface area contributed by atoms with Gasteiger partial charge in [0.05, 0.1) is 11.1 Å². The molecule has 0 aromatic rings. The van der Waals surface area contributed by atoms with Gasteiger partial charge in [-0.3, -0.25) is 0 Å². The average Bonchev–Trinajstić information content (AvgIpc) is 2.55. The minimum atomic E-state index is -0.583. The molecule has 0 bridgehead atoms. The summed E-state index contributed by atoms with van der Waals surface area (Å²) in [6, 6.07) is 0. The second-order valence-electron chi connectivity index (χ2n) is 4.68. The van der Waals surface area contributed by atoms with E-state index >= 15 is 0 Å². The van der Waals surface area contributed by atoms with E-state index < -0.39 is 5.60 Å². The lowest BCUT2D eigenvalue weighted by Gasteiger charge is -2.45. The topological polar surface area (TPSA) is 58.3 Å². The first-order valence-electron chi connectivity index (χ1n) is 5.38. The Balaban J connectivity index is 2.11. The summed E-state index contributed by atoms with van der Waals surface area (Å²) in [6.45, 7) is 1.83. The molecule has 3 heteroatoms. The Morgan fingerprint density at radius 2 is 1.77 bits per heavy atom. The van der Waals surface area contributed by atoms with Gasteiger partial charge in [-0.25, -0.2) is 0 Å². The number of hydrogen-bond donors (Lipinski definition) is 3. The predicted molar refractivity (Wildman–Crippen MR) is 52.4 cm³/mol. The second-order valence-corrected chi connectivity index (χ2v) is 4.68. The van der Waals surface area contributed by atoms with E-state index in [0.29, 0.717) is 0 Å². The summed E-state index contributed by atoms with van der Waals surface area (Å²) in [5, 5.41) is 13.7. The molecule has 1 atom stereocenters. The summed E-state index contributed by atoms with van der Waals surface area (Å²) in [7, 11) is 0. The van der Waals surface area contributed by atoms with Gasteiger partial charge in [0.2, 0.25) is 0 Å². The zero-order chi connectivity index (χ0) is 9.36. The molecular weight excluding hydrogens is 164 g/mol. The largest absolute Gasteiger partial charge is 0.388 e. The van der Waals surface area contributed by atoms with Crippen molar-refractivity contribution in [2.75, 3.05) is 13.1 Å². The summed E-state index contributed by atoms with van der Waals surface area (Å²) >= 11 is 0. The fraction of sp³-hybridized carbons (Fsp3) is 1.00. The fourth-order valence-electron chi connectivity index (χ4n) is 2.78. The Bertz CT molecular complexity index is 181. The lowest BCUT2D eigenvalue weighted by atomic mass is 9.74. The van der Waals surface area contributed by atoms with Crippen molar-refractivity contribution in [2.45, 2.75) is 49.7 Å². The van der Waals surface area contributed by atoms with Crippen molar-refractivity contribution in [2.24, 2.45) is 5.73 Å². The molecule has 1 saturated carbocycles. The molecule has 0 aromatic carbocycles. The molecule has 2 rings (SSSR count). The van der Waals surface area contributed by atoms with Crippen LogP contribution in [0.1, 0.15) is 38.5 Å². The predicted octanol–water partition coefficient (Wildman–Crippen LogP) is 0.372. The van der Waals surface area contributed by atoms with E-state index in [0.717, 1.165) is 51.6 Å². The van der Waals surface area contributed by atoms with Crippen LogP contribution in [0.15, 0.2) is 0 Å². The second kappa shape index (κ2) is 3.23. The van der Waals surface area contributed by atoms with Gasteiger partial charge in [0, 0.05) is 6.54 Å². The first-order valence-corrected chi connectivity index (χ1v) is 5.38. The van der Waals surface area contributed by atoms with Gasteiger partial charge < -0.3 is 16.2 Å². The van der Waals surface area contributed by atoms with Crippen molar-refractivity contribution in [1.29, 1.82) is 0 Å².